The average Bonchev–Trinajstić information content (AvgIpc) is 2.70. The van der Waals surface area contributed by atoms with Gasteiger partial charge in [0.25, 0.3) is 0 Å². The summed E-state index contributed by atoms with van der Waals surface area (Å²) in [6.07, 6.45) is 1.39. The van der Waals surface area contributed by atoms with Crippen molar-refractivity contribution >= 4 is 17.6 Å². The molecule has 0 spiro atoms. The molecule has 5 nitrogen and oxygen atoms in total. The van der Waals surface area contributed by atoms with Crippen LogP contribution in [-0.4, -0.2) is 41.9 Å². The fraction of sp³-hybridized carbons (Fsp3) is 0.333. The van der Waals surface area contributed by atoms with Crippen molar-refractivity contribution < 1.29 is 18.4 Å². The van der Waals surface area contributed by atoms with Crippen LogP contribution in [0.2, 0.25) is 0 Å². The molecule has 2 aromatic carbocycles. The topological polar surface area (TPSA) is 52.7 Å². The van der Waals surface area contributed by atoms with Crippen LogP contribution in [0.4, 0.5) is 19.3 Å². The third-order valence-electron chi connectivity index (χ3n) is 4.88. The van der Waals surface area contributed by atoms with E-state index in [1.807, 2.05) is 18.2 Å². The molecule has 0 saturated carbocycles. The third-order valence-corrected chi connectivity index (χ3v) is 4.88. The van der Waals surface area contributed by atoms with Gasteiger partial charge in [-0.05, 0) is 31.0 Å². The Morgan fingerprint density at radius 1 is 1.18 bits per heavy atom. The summed E-state index contributed by atoms with van der Waals surface area (Å²) >= 11 is 0. The molecule has 1 N–H and O–H groups in total. The summed E-state index contributed by atoms with van der Waals surface area (Å²) in [4.78, 5) is 28.3. The molecule has 1 aliphatic heterocycles. The number of urea groups is 1. The molecule has 1 aliphatic rings. The van der Waals surface area contributed by atoms with Crippen molar-refractivity contribution in [3.8, 4) is 0 Å². The first kappa shape index (κ1) is 19.8. The minimum Gasteiger partial charge on any atom is -0.341 e. The molecule has 1 unspecified atom stereocenters. The number of amides is 3. The highest BCUT2D eigenvalue weighted by Crippen LogP contribution is 2.21. The maximum atomic E-state index is 13.9. The second-order valence-electron chi connectivity index (χ2n) is 7.01. The van der Waals surface area contributed by atoms with Gasteiger partial charge in [-0.1, -0.05) is 24.3 Å². The lowest BCUT2D eigenvalue weighted by Gasteiger charge is -2.34. The van der Waals surface area contributed by atoms with Gasteiger partial charge in [0, 0.05) is 44.0 Å². The summed E-state index contributed by atoms with van der Waals surface area (Å²) in [6, 6.07) is 12.2. The van der Waals surface area contributed by atoms with E-state index < -0.39 is 11.6 Å². The zero-order chi connectivity index (χ0) is 20.1. The van der Waals surface area contributed by atoms with E-state index in [9.17, 15) is 18.4 Å². The molecule has 3 rings (SSSR count). The fourth-order valence-electron chi connectivity index (χ4n) is 3.38. The molecule has 0 bridgehead atoms. The van der Waals surface area contributed by atoms with Crippen molar-refractivity contribution in [2.75, 3.05) is 25.5 Å². The minimum absolute atomic E-state index is 0.0532. The maximum Gasteiger partial charge on any atom is 0.321 e. The van der Waals surface area contributed by atoms with Gasteiger partial charge in [0.2, 0.25) is 5.91 Å². The van der Waals surface area contributed by atoms with Gasteiger partial charge in [0.05, 0.1) is 5.92 Å². The number of carbonyl (C=O) groups excluding carboxylic acids is 2. The predicted octanol–water partition coefficient (Wildman–Crippen LogP) is 3.87. The van der Waals surface area contributed by atoms with Crippen molar-refractivity contribution in [1.29, 1.82) is 0 Å². The summed E-state index contributed by atoms with van der Waals surface area (Å²) in [5.74, 6) is -1.82. The number of para-hydroxylation sites is 1. The zero-order valence-corrected chi connectivity index (χ0v) is 15.7. The van der Waals surface area contributed by atoms with Gasteiger partial charge in [-0.2, -0.15) is 0 Å². The van der Waals surface area contributed by atoms with E-state index in [0.29, 0.717) is 25.2 Å². The molecule has 2 aromatic rings. The number of benzene rings is 2. The molecule has 0 radical (unpaired) electrons. The van der Waals surface area contributed by atoms with Crippen LogP contribution in [0, 0.1) is 17.6 Å². The Morgan fingerprint density at radius 2 is 1.93 bits per heavy atom. The van der Waals surface area contributed by atoms with Crippen LogP contribution < -0.4 is 5.32 Å². The number of nitrogens with zero attached hydrogens (tertiary/aromatic N) is 2. The van der Waals surface area contributed by atoms with Crippen molar-refractivity contribution in [2.24, 2.45) is 5.92 Å². The van der Waals surface area contributed by atoms with Crippen LogP contribution >= 0.6 is 0 Å². The van der Waals surface area contributed by atoms with E-state index in [1.165, 1.54) is 17.0 Å². The molecule has 0 aliphatic carbocycles. The summed E-state index contributed by atoms with van der Waals surface area (Å²) in [6.45, 7) is 0.949. The molecule has 7 heteroatoms. The van der Waals surface area contributed by atoms with Crippen LogP contribution in [-0.2, 0) is 11.3 Å². The number of carbonyl (C=O) groups is 2. The molecule has 1 saturated heterocycles. The average molecular weight is 387 g/mol. The van der Waals surface area contributed by atoms with Crippen molar-refractivity contribution in [2.45, 2.75) is 19.4 Å². The third kappa shape index (κ3) is 4.85. The first-order valence-electron chi connectivity index (χ1n) is 9.24. The second kappa shape index (κ2) is 8.82. The van der Waals surface area contributed by atoms with E-state index >= 15 is 0 Å². The summed E-state index contributed by atoms with van der Waals surface area (Å²) < 4.78 is 26.9. The Morgan fingerprint density at radius 3 is 2.64 bits per heavy atom. The van der Waals surface area contributed by atoms with Gasteiger partial charge < -0.3 is 15.1 Å². The molecule has 28 heavy (non-hydrogen) atoms. The van der Waals surface area contributed by atoms with Crippen molar-refractivity contribution in [3.05, 3.63) is 65.7 Å². The first-order chi connectivity index (χ1) is 13.4. The Kier molecular flexibility index (Phi) is 6.23. The van der Waals surface area contributed by atoms with Gasteiger partial charge >= 0.3 is 6.03 Å². The lowest BCUT2D eigenvalue weighted by Crippen LogP contribution is -2.47. The van der Waals surface area contributed by atoms with Gasteiger partial charge in [0.1, 0.15) is 11.6 Å². The van der Waals surface area contributed by atoms with Crippen LogP contribution in [0.3, 0.4) is 0 Å². The van der Waals surface area contributed by atoms with E-state index in [2.05, 4.69) is 5.32 Å². The van der Waals surface area contributed by atoms with Gasteiger partial charge in [-0.3, -0.25) is 4.79 Å². The summed E-state index contributed by atoms with van der Waals surface area (Å²) in [7, 11) is 1.59. The van der Waals surface area contributed by atoms with Gasteiger partial charge in [-0.25, -0.2) is 13.6 Å². The number of hydrogen-bond acceptors (Lipinski definition) is 2. The van der Waals surface area contributed by atoms with Crippen LogP contribution in [0.5, 0.6) is 0 Å². The van der Waals surface area contributed by atoms with Gasteiger partial charge in [-0.15, -0.1) is 0 Å². The van der Waals surface area contributed by atoms with E-state index in [1.54, 1.807) is 24.1 Å². The molecule has 1 heterocycles. The van der Waals surface area contributed by atoms with Crippen LogP contribution in [0.1, 0.15) is 18.4 Å². The molecule has 1 fully saturated rings. The number of piperidine rings is 1. The molecular weight excluding hydrogens is 364 g/mol. The highest BCUT2D eigenvalue weighted by molar-refractivity contribution is 5.90. The Hall–Kier alpha value is -2.96. The largest absolute Gasteiger partial charge is 0.341 e. The summed E-state index contributed by atoms with van der Waals surface area (Å²) in [5.41, 5.74) is 0.955. The molecule has 0 aromatic heterocycles. The standard InChI is InChI=1S/C21H23F2N3O2/c1-25(13-15-9-10-17(22)12-19(15)23)20(27)16-6-5-11-26(14-16)21(28)24-18-7-3-2-4-8-18/h2-4,7-10,12,16H,5-6,11,13-14H2,1H3,(H,24,28). The smallest absolute Gasteiger partial charge is 0.321 e. The predicted molar refractivity (Wildman–Crippen MR) is 103 cm³/mol. The van der Waals surface area contributed by atoms with E-state index in [0.717, 1.165) is 12.5 Å². The van der Waals surface area contributed by atoms with Gasteiger partial charge in [0.15, 0.2) is 0 Å². The lowest BCUT2D eigenvalue weighted by atomic mass is 9.96. The highest BCUT2D eigenvalue weighted by atomic mass is 19.1. The Labute approximate surface area is 162 Å². The SMILES string of the molecule is CN(Cc1ccc(F)cc1F)C(=O)C1CCCN(C(=O)Nc2ccccc2)C1. The maximum absolute atomic E-state index is 13.9. The normalized spacial score (nSPS) is 16.5. The quantitative estimate of drug-likeness (QED) is 0.866. The zero-order valence-electron chi connectivity index (χ0n) is 15.7. The fourth-order valence-corrected chi connectivity index (χ4v) is 3.38. The number of anilines is 1. The number of rotatable bonds is 4. The lowest BCUT2D eigenvalue weighted by molar-refractivity contribution is -0.136. The number of hydrogen-bond donors (Lipinski definition) is 1. The monoisotopic (exact) mass is 387 g/mol. The van der Waals surface area contributed by atoms with Crippen molar-refractivity contribution in [1.82, 2.24) is 9.80 Å². The molecule has 148 valence electrons. The summed E-state index contributed by atoms with van der Waals surface area (Å²) in [5, 5.41) is 2.83. The Bertz CT molecular complexity index is 845. The minimum atomic E-state index is -0.674. The van der Waals surface area contributed by atoms with E-state index in [-0.39, 0.29) is 30.0 Å². The Balaban J connectivity index is 1.59. The number of likely N-dealkylation sites (tertiary alicyclic amines) is 1. The second-order valence-corrected chi connectivity index (χ2v) is 7.01. The van der Waals surface area contributed by atoms with Crippen LogP contribution in [0.25, 0.3) is 0 Å². The first-order valence-corrected chi connectivity index (χ1v) is 9.24. The number of nitrogens with one attached hydrogen (secondary N) is 1. The van der Waals surface area contributed by atoms with E-state index in [4.69, 9.17) is 0 Å². The van der Waals surface area contributed by atoms with Crippen LogP contribution in [0.15, 0.2) is 48.5 Å². The highest BCUT2D eigenvalue weighted by Gasteiger charge is 2.30. The van der Waals surface area contributed by atoms with Crippen molar-refractivity contribution in [3.63, 3.8) is 0 Å². The molecule has 3 amide bonds. The molecular formula is C21H23F2N3O2. The number of halogens is 2. The molecule has 1 atom stereocenters.